The summed E-state index contributed by atoms with van der Waals surface area (Å²) in [5, 5.41) is 9.82. The van der Waals surface area contributed by atoms with E-state index >= 15 is 0 Å². The van der Waals surface area contributed by atoms with Gasteiger partial charge in [0.2, 0.25) is 0 Å². The van der Waals surface area contributed by atoms with Gasteiger partial charge in [0.1, 0.15) is 4.90 Å². The van der Waals surface area contributed by atoms with E-state index in [2.05, 4.69) is 0 Å². The van der Waals surface area contributed by atoms with Crippen LogP contribution < -0.4 is 0 Å². The zero-order valence-corrected chi connectivity index (χ0v) is 7.93. The third-order valence-electron chi connectivity index (χ3n) is 1.29. The Morgan fingerprint density at radius 3 is 2.62 bits per heavy atom. The van der Waals surface area contributed by atoms with Gasteiger partial charge in [-0.3, -0.25) is 9.35 Å². The van der Waals surface area contributed by atoms with Crippen LogP contribution in [0.25, 0.3) is 0 Å². The molecule has 0 aromatic carbocycles. The standard InChI is InChI=1S/C6H6O5S2/c7-6(8)3-4-5(1-2-12-4)13(9,10)11/h1-2H,3H2,(H,7,8)(H,9,10,11). The highest BCUT2D eigenvalue weighted by Gasteiger charge is 2.18. The normalized spacial score (nSPS) is 11.5. The number of rotatable bonds is 3. The highest BCUT2D eigenvalue weighted by Crippen LogP contribution is 2.21. The van der Waals surface area contributed by atoms with Crippen LogP contribution in [-0.4, -0.2) is 24.0 Å². The smallest absolute Gasteiger partial charge is 0.308 e. The molecule has 0 saturated heterocycles. The SMILES string of the molecule is O=C(O)Cc1sccc1S(=O)(=O)O. The summed E-state index contributed by atoms with van der Waals surface area (Å²) in [5.41, 5.74) is 0. The van der Waals surface area contributed by atoms with E-state index in [1.54, 1.807) is 0 Å². The number of hydrogen-bond acceptors (Lipinski definition) is 4. The molecule has 13 heavy (non-hydrogen) atoms. The Bertz CT molecular complexity index is 416. The molecule has 2 N–H and O–H groups in total. The van der Waals surface area contributed by atoms with Gasteiger partial charge in [0.25, 0.3) is 10.1 Å². The van der Waals surface area contributed by atoms with Crippen molar-refractivity contribution in [3.63, 3.8) is 0 Å². The third-order valence-corrected chi connectivity index (χ3v) is 3.28. The van der Waals surface area contributed by atoms with Crippen LogP contribution in [0.1, 0.15) is 4.88 Å². The van der Waals surface area contributed by atoms with Crippen LogP contribution in [0.3, 0.4) is 0 Å². The van der Waals surface area contributed by atoms with Gasteiger partial charge in [-0.1, -0.05) is 0 Å². The quantitative estimate of drug-likeness (QED) is 0.731. The summed E-state index contributed by atoms with van der Waals surface area (Å²) < 4.78 is 30.0. The molecular weight excluding hydrogens is 216 g/mol. The molecule has 7 heteroatoms. The molecule has 1 heterocycles. The Hall–Kier alpha value is -0.920. The van der Waals surface area contributed by atoms with E-state index in [4.69, 9.17) is 9.66 Å². The molecule has 0 aliphatic carbocycles. The summed E-state index contributed by atoms with van der Waals surface area (Å²) in [6, 6.07) is 1.18. The van der Waals surface area contributed by atoms with Gasteiger partial charge in [-0.2, -0.15) is 8.42 Å². The molecule has 5 nitrogen and oxygen atoms in total. The maximum atomic E-state index is 10.7. The zero-order valence-electron chi connectivity index (χ0n) is 6.30. The van der Waals surface area contributed by atoms with Crippen molar-refractivity contribution in [1.82, 2.24) is 0 Å². The summed E-state index contributed by atoms with van der Waals surface area (Å²) in [7, 11) is -4.29. The highest BCUT2D eigenvalue weighted by atomic mass is 32.2. The first-order valence-corrected chi connectivity index (χ1v) is 5.49. The van der Waals surface area contributed by atoms with Crippen molar-refractivity contribution in [1.29, 1.82) is 0 Å². The van der Waals surface area contributed by atoms with Crippen LogP contribution in [-0.2, 0) is 21.3 Å². The lowest BCUT2D eigenvalue weighted by Gasteiger charge is -1.96. The molecule has 1 rings (SSSR count). The zero-order chi connectivity index (χ0) is 10.1. The van der Waals surface area contributed by atoms with Crippen LogP contribution in [0.15, 0.2) is 16.3 Å². The van der Waals surface area contributed by atoms with Gasteiger partial charge in [0, 0.05) is 4.88 Å². The molecule has 0 fully saturated rings. The van der Waals surface area contributed by atoms with Gasteiger partial charge in [-0.15, -0.1) is 11.3 Å². The minimum absolute atomic E-state index is 0.134. The Morgan fingerprint density at radius 1 is 1.54 bits per heavy atom. The molecule has 1 aromatic heterocycles. The number of carboxylic acid groups (broad SMARTS) is 1. The second-order valence-corrected chi connectivity index (χ2v) is 4.64. The summed E-state index contributed by atoms with van der Waals surface area (Å²) in [5.74, 6) is -1.13. The van der Waals surface area contributed by atoms with Crippen LogP contribution >= 0.6 is 11.3 Å². The van der Waals surface area contributed by atoms with Crippen molar-refractivity contribution >= 4 is 27.4 Å². The maximum Gasteiger partial charge on any atom is 0.308 e. The fraction of sp³-hybridized carbons (Fsp3) is 0.167. The van der Waals surface area contributed by atoms with E-state index < -0.39 is 22.5 Å². The minimum Gasteiger partial charge on any atom is -0.481 e. The van der Waals surface area contributed by atoms with Crippen molar-refractivity contribution in [3.8, 4) is 0 Å². The molecule has 0 spiro atoms. The lowest BCUT2D eigenvalue weighted by molar-refractivity contribution is -0.136. The van der Waals surface area contributed by atoms with Gasteiger partial charge in [0.05, 0.1) is 6.42 Å². The molecular formula is C6H6O5S2. The highest BCUT2D eigenvalue weighted by molar-refractivity contribution is 7.86. The van der Waals surface area contributed by atoms with Crippen molar-refractivity contribution in [3.05, 3.63) is 16.3 Å². The largest absolute Gasteiger partial charge is 0.481 e. The average molecular weight is 222 g/mol. The minimum atomic E-state index is -4.29. The molecule has 0 aliphatic rings. The van der Waals surface area contributed by atoms with Crippen LogP contribution in [0.4, 0.5) is 0 Å². The Kier molecular flexibility index (Phi) is 2.69. The fourth-order valence-electron chi connectivity index (χ4n) is 0.825. The van der Waals surface area contributed by atoms with E-state index in [0.717, 1.165) is 11.3 Å². The topological polar surface area (TPSA) is 91.7 Å². The molecule has 0 radical (unpaired) electrons. The van der Waals surface area contributed by atoms with Crippen LogP contribution in [0.5, 0.6) is 0 Å². The summed E-state index contributed by atoms with van der Waals surface area (Å²) in [6.45, 7) is 0. The number of hydrogen-bond donors (Lipinski definition) is 2. The van der Waals surface area contributed by atoms with Crippen molar-refractivity contribution in [2.75, 3.05) is 0 Å². The molecule has 72 valence electrons. The lowest BCUT2D eigenvalue weighted by atomic mass is 10.3. The van der Waals surface area contributed by atoms with Gasteiger partial charge in [-0.05, 0) is 11.4 Å². The Balaban J connectivity index is 3.11. The molecule has 0 unspecified atom stereocenters. The third kappa shape index (κ3) is 2.51. The van der Waals surface area contributed by atoms with Crippen LogP contribution in [0, 0.1) is 0 Å². The van der Waals surface area contributed by atoms with Gasteiger partial charge >= 0.3 is 5.97 Å². The second-order valence-electron chi connectivity index (χ2n) is 2.25. The molecule has 0 atom stereocenters. The summed E-state index contributed by atoms with van der Waals surface area (Å²) in [6.07, 6.45) is -0.396. The van der Waals surface area contributed by atoms with Gasteiger partial charge in [-0.25, -0.2) is 0 Å². The summed E-state index contributed by atoms with van der Waals surface area (Å²) in [4.78, 5) is 10.1. The Labute approximate surface area is 78.4 Å². The molecule has 1 aromatic rings. The maximum absolute atomic E-state index is 10.7. The molecule has 0 amide bonds. The fourth-order valence-corrected chi connectivity index (χ4v) is 2.73. The number of aliphatic carboxylic acids is 1. The van der Waals surface area contributed by atoms with Crippen molar-refractivity contribution in [2.45, 2.75) is 11.3 Å². The van der Waals surface area contributed by atoms with Crippen molar-refractivity contribution in [2.24, 2.45) is 0 Å². The van der Waals surface area contributed by atoms with Crippen molar-refractivity contribution < 1.29 is 22.9 Å². The van der Waals surface area contributed by atoms with E-state index in [0.29, 0.717) is 0 Å². The first-order valence-electron chi connectivity index (χ1n) is 3.17. The summed E-state index contributed by atoms with van der Waals surface area (Å²) >= 11 is 0.985. The van der Waals surface area contributed by atoms with E-state index in [9.17, 15) is 13.2 Å². The predicted molar refractivity (Wildman–Crippen MR) is 45.5 cm³/mol. The van der Waals surface area contributed by atoms with Gasteiger partial charge in [0.15, 0.2) is 0 Å². The monoisotopic (exact) mass is 222 g/mol. The molecule has 0 saturated carbocycles. The Morgan fingerprint density at radius 2 is 2.15 bits per heavy atom. The van der Waals surface area contributed by atoms with E-state index in [1.807, 2.05) is 0 Å². The van der Waals surface area contributed by atoms with Crippen LogP contribution in [0.2, 0.25) is 0 Å². The van der Waals surface area contributed by atoms with E-state index in [-0.39, 0.29) is 9.77 Å². The number of carboxylic acids is 1. The first kappa shape index (κ1) is 10.2. The second kappa shape index (κ2) is 3.44. The number of thiophene rings is 1. The lowest BCUT2D eigenvalue weighted by Crippen LogP contribution is -2.04. The van der Waals surface area contributed by atoms with E-state index in [1.165, 1.54) is 11.4 Å². The average Bonchev–Trinajstić information content (AvgIpc) is 2.31. The van der Waals surface area contributed by atoms with Gasteiger partial charge < -0.3 is 5.11 Å². The first-order chi connectivity index (χ1) is 5.91. The number of carbonyl (C=O) groups is 1. The molecule has 0 bridgehead atoms. The predicted octanol–water partition coefficient (Wildman–Crippen LogP) is 0.622. The molecule has 0 aliphatic heterocycles.